The monoisotopic (exact) mass is 445 g/mol. The van der Waals surface area contributed by atoms with E-state index in [1.165, 1.54) is 0 Å². The molecule has 0 aromatic heterocycles. The average molecular weight is 446 g/mol. The van der Waals surface area contributed by atoms with Gasteiger partial charge in [0.1, 0.15) is 5.75 Å². The Morgan fingerprint density at radius 2 is 2.10 bits per heavy atom. The molecule has 1 atom stereocenters. The van der Waals surface area contributed by atoms with E-state index in [-0.39, 0.29) is 16.9 Å². The SMILES string of the molecule is COCCCOc1ccc2c(c1)SC(C)C(=CC(=CO)C(=O)OC(C)C)C2=NC1CC1. The van der Waals surface area contributed by atoms with Crippen LogP contribution in [0.5, 0.6) is 5.75 Å². The van der Waals surface area contributed by atoms with Crippen molar-refractivity contribution in [2.75, 3.05) is 20.3 Å². The van der Waals surface area contributed by atoms with Gasteiger partial charge in [0.05, 0.1) is 36.3 Å². The second kappa shape index (κ2) is 10.9. The largest absolute Gasteiger partial charge is 0.515 e. The smallest absolute Gasteiger partial charge is 0.341 e. The second-order valence-electron chi connectivity index (χ2n) is 7.96. The van der Waals surface area contributed by atoms with Gasteiger partial charge in [-0.3, -0.25) is 4.99 Å². The first-order valence-corrected chi connectivity index (χ1v) is 11.6. The molecule has 1 aromatic rings. The lowest BCUT2D eigenvalue weighted by molar-refractivity contribution is -0.142. The number of ether oxygens (including phenoxy) is 3. The maximum atomic E-state index is 12.4. The molecule has 1 aliphatic carbocycles. The van der Waals surface area contributed by atoms with E-state index < -0.39 is 5.97 Å². The van der Waals surface area contributed by atoms with Crippen LogP contribution < -0.4 is 4.74 Å². The van der Waals surface area contributed by atoms with Crippen molar-refractivity contribution in [2.45, 2.75) is 62.3 Å². The molecule has 0 saturated heterocycles. The highest BCUT2D eigenvalue weighted by molar-refractivity contribution is 8.00. The van der Waals surface area contributed by atoms with Gasteiger partial charge in [0.2, 0.25) is 0 Å². The lowest BCUT2D eigenvalue weighted by Crippen LogP contribution is -2.22. The van der Waals surface area contributed by atoms with Crippen LogP contribution >= 0.6 is 11.8 Å². The molecule has 1 unspecified atom stereocenters. The molecule has 1 heterocycles. The Bertz CT molecular complexity index is 886. The van der Waals surface area contributed by atoms with Gasteiger partial charge < -0.3 is 19.3 Å². The van der Waals surface area contributed by atoms with E-state index in [0.717, 1.165) is 53.0 Å². The zero-order chi connectivity index (χ0) is 22.4. The molecular weight excluding hydrogens is 414 g/mol. The maximum absolute atomic E-state index is 12.4. The number of nitrogens with zero attached hydrogens (tertiary/aromatic N) is 1. The average Bonchev–Trinajstić information content (AvgIpc) is 3.54. The Hall–Kier alpha value is -2.25. The molecule has 6 nitrogen and oxygen atoms in total. The van der Waals surface area contributed by atoms with Crippen LogP contribution in [0.25, 0.3) is 0 Å². The minimum atomic E-state index is -0.543. The van der Waals surface area contributed by atoms with Crippen molar-refractivity contribution >= 4 is 23.4 Å². The Kier molecular flexibility index (Phi) is 8.21. The molecule has 0 bridgehead atoms. The summed E-state index contributed by atoms with van der Waals surface area (Å²) < 4.78 is 16.2. The number of methoxy groups -OCH3 is 1. The first-order chi connectivity index (χ1) is 14.9. The Morgan fingerprint density at radius 1 is 1.32 bits per heavy atom. The number of carbonyl (C=O) groups is 1. The summed E-state index contributed by atoms with van der Waals surface area (Å²) in [7, 11) is 1.68. The van der Waals surface area contributed by atoms with Crippen molar-refractivity contribution in [3.63, 3.8) is 0 Å². The van der Waals surface area contributed by atoms with Crippen molar-refractivity contribution in [2.24, 2.45) is 4.99 Å². The minimum absolute atomic E-state index is 0.0514. The molecule has 0 amide bonds. The lowest BCUT2D eigenvalue weighted by Gasteiger charge is -2.27. The third-order valence-electron chi connectivity index (χ3n) is 4.87. The first kappa shape index (κ1) is 23.4. The lowest BCUT2D eigenvalue weighted by atomic mass is 9.96. The molecule has 168 valence electrons. The molecular formula is C24H31NO5S. The fraction of sp³-hybridized carbons (Fsp3) is 0.500. The topological polar surface area (TPSA) is 77.3 Å². The molecule has 2 aliphatic rings. The van der Waals surface area contributed by atoms with Crippen LogP contribution in [0, 0.1) is 0 Å². The number of hydrogen-bond donors (Lipinski definition) is 1. The number of aliphatic hydroxyl groups excluding tert-OH is 1. The van der Waals surface area contributed by atoms with Gasteiger partial charge in [0.15, 0.2) is 0 Å². The fourth-order valence-corrected chi connectivity index (χ4v) is 4.36. The molecule has 7 heteroatoms. The summed E-state index contributed by atoms with van der Waals surface area (Å²) in [5, 5.41) is 9.73. The zero-order valence-electron chi connectivity index (χ0n) is 18.6. The van der Waals surface area contributed by atoms with Crippen LogP contribution in [0.4, 0.5) is 0 Å². The number of esters is 1. The van der Waals surface area contributed by atoms with Gasteiger partial charge in [-0.1, -0.05) is 0 Å². The van der Waals surface area contributed by atoms with Crippen LogP contribution in [0.15, 0.2) is 51.6 Å². The summed E-state index contributed by atoms with van der Waals surface area (Å²) in [6.45, 7) is 6.91. The standard InChI is InChI=1S/C24H31NO5S/c1-15(2)30-24(27)17(14-26)12-21-16(3)31-22-13-19(29-11-5-10-28-4)8-9-20(22)23(21)25-18-6-7-18/h8-9,12-16,18,26H,5-7,10-11H2,1-4H3. The number of fused-ring (bicyclic) bond motifs is 1. The predicted octanol–water partition coefficient (Wildman–Crippen LogP) is 4.87. The van der Waals surface area contributed by atoms with Crippen molar-refractivity contribution in [3.05, 3.63) is 47.2 Å². The highest BCUT2D eigenvalue weighted by Crippen LogP contribution is 2.42. The summed E-state index contributed by atoms with van der Waals surface area (Å²) in [4.78, 5) is 18.4. The Labute approximate surface area is 188 Å². The van der Waals surface area contributed by atoms with Crippen molar-refractivity contribution in [1.82, 2.24) is 0 Å². The number of thioether (sulfide) groups is 1. The Morgan fingerprint density at radius 3 is 2.74 bits per heavy atom. The molecule has 1 N–H and O–H groups in total. The molecule has 1 aliphatic heterocycles. The van der Waals surface area contributed by atoms with E-state index in [1.807, 2.05) is 12.1 Å². The molecule has 0 radical (unpaired) electrons. The van der Waals surface area contributed by atoms with Crippen LogP contribution in [-0.2, 0) is 14.3 Å². The molecule has 1 aromatic carbocycles. The van der Waals surface area contributed by atoms with Crippen molar-refractivity contribution in [1.29, 1.82) is 0 Å². The molecule has 0 spiro atoms. The predicted molar refractivity (Wildman–Crippen MR) is 123 cm³/mol. The second-order valence-corrected chi connectivity index (χ2v) is 9.34. The van der Waals surface area contributed by atoms with Crippen LogP contribution in [0.2, 0.25) is 0 Å². The summed E-state index contributed by atoms with van der Waals surface area (Å²) in [5.41, 5.74) is 2.95. The van der Waals surface area contributed by atoms with Crippen molar-refractivity contribution < 1.29 is 24.1 Å². The highest BCUT2D eigenvalue weighted by Gasteiger charge is 2.31. The highest BCUT2D eigenvalue weighted by atomic mass is 32.2. The number of hydrogen-bond acceptors (Lipinski definition) is 7. The number of aliphatic hydroxyl groups is 1. The third kappa shape index (κ3) is 6.37. The van der Waals surface area contributed by atoms with Gasteiger partial charge in [0.25, 0.3) is 0 Å². The molecule has 1 fully saturated rings. The number of carbonyl (C=O) groups excluding carboxylic acids is 1. The number of aliphatic imine (C=N–C) groups is 1. The minimum Gasteiger partial charge on any atom is -0.515 e. The summed E-state index contributed by atoms with van der Waals surface area (Å²) >= 11 is 1.69. The Balaban J connectivity index is 1.90. The van der Waals surface area contributed by atoms with Crippen LogP contribution in [0.1, 0.15) is 45.6 Å². The van der Waals surface area contributed by atoms with Gasteiger partial charge in [-0.2, -0.15) is 0 Å². The van der Waals surface area contributed by atoms with E-state index in [1.54, 1.807) is 38.8 Å². The summed E-state index contributed by atoms with van der Waals surface area (Å²) in [5.74, 6) is 0.280. The van der Waals surface area contributed by atoms with E-state index in [9.17, 15) is 9.90 Å². The van der Waals surface area contributed by atoms with Gasteiger partial charge in [0, 0.05) is 35.8 Å². The molecule has 1 saturated carbocycles. The fourth-order valence-electron chi connectivity index (χ4n) is 3.20. The van der Waals surface area contributed by atoms with Crippen LogP contribution in [-0.4, -0.2) is 54.5 Å². The van der Waals surface area contributed by atoms with E-state index in [4.69, 9.17) is 19.2 Å². The molecule has 3 rings (SSSR count). The van der Waals surface area contributed by atoms with Crippen molar-refractivity contribution in [3.8, 4) is 5.75 Å². The quantitative estimate of drug-likeness (QED) is 0.253. The van der Waals surface area contributed by atoms with E-state index in [2.05, 4.69) is 13.0 Å². The zero-order valence-corrected chi connectivity index (χ0v) is 19.4. The van der Waals surface area contributed by atoms with Gasteiger partial charge >= 0.3 is 5.97 Å². The van der Waals surface area contributed by atoms with Gasteiger partial charge in [-0.05, 0) is 63.5 Å². The normalized spacial score (nSPS) is 21.5. The first-order valence-electron chi connectivity index (χ1n) is 10.7. The van der Waals surface area contributed by atoms with Gasteiger partial charge in [-0.25, -0.2) is 4.79 Å². The summed E-state index contributed by atoms with van der Waals surface area (Å²) in [6.07, 6.45) is 5.25. The number of benzene rings is 1. The van der Waals surface area contributed by atoms with Crippen LogP contribution in [0.3, 0.4) is 0 Å². The number of rotatable bonds is 9. The molecule has 31 heavy (non-hydrogen) atoms. The summed E-state index contributed by atoms with van der Waals surface area (Å²) in [6, 6.07) is 6.36. The maximum Gasteiger partial charge on any atom is 0.341 e. The van der Waals surface area contributed by atoms with Gasteiger partial charge in [-0.15, -0.1) is 11.8 Å². The van der Waals surface area contributed by atoms with E-state index >= 15 is 0 Å². The van der Waals surface area contributed by atoms with E-state index in [0.29, 0.717) is 19.3 Å². The third-order valence-corrected chi connectivity index (χ3v) is 6.07.